The van der Waals surface area contributed by atoms with Crippen LogP contribution in [0.15, 0.2) is 63.9 Å². The Morgan fingerprint density at radius 1 is 0.455 bits per heavy atom. The first-order valence-corrected chi connectivity index (χ1v) is 18.8. The van der Waals surface area contributed by atoms with Gasteiger partial charge in [0.25, 0.3) is 0 Å². The van der Waals surface area contributed by atoms with E-state index in [2.05, 4.69) is 13.2 Å². The van der Waals surface area contributed by atoms with E-state index in [4.69, 9.17) is 0 Å². The molecular formula is C46H61N3O6. The Hall–Kier alpha value is -5.05. The fraction of sp³-hybridized carbons (Fsp3) is 0.457. The quantitative estimate of drug-likeness (QED) is 0.165. The molecule has 0 saturated heterocycles. The molecule has 55 heavy (non-hydrogen) atoms. The second-order valence-corrected chi connectivity index (χ2v) is 19.3. The summed E-state index contributed by atoms with van der Waals surface area (Å²) in [5.74, 6) is 0.347. The molecule has 0 fully saturated rings. The molecule has 0 radical (unpaired) electrons. The van der Waals surface area contributed by atoms with Gasteiger partial charge in [0.1, 0.15) is 17.2 Å². The normalized spacial score (nSPS) is 12.6. The monoisotopic (exact) mass is 751 g/mol. The highest BCUT2D eigenvalue weighted by Crippen LogP contribution is 2.41. The van der Waals surface area contributed by atoms with Crippen LogP contribution in [0.4, 0.5) is 0 Å². The van der Waals surface area contributed by atoms with Crippen molar-refractivity contribution in [3.63, 3.8) is 0 Å². The molecule has 0 saturated carbocycles. The average Bonchev–Trinajstić information content (AvgIpc) is 3.02. The van der Waals surface area contributed by atoms with Crippen LogP contribution < -0.4 is 17.1 Å². The largest absolute Gasteiger partial charge is 0.507 e. The summed E-state index contributed by atoms with van der Waals surface area (Å²) in [5.41, 5.74) is 2.35. The summed E-state index contributed by atoms with van der Waals surface area (Å²) in [6.45, 7) is 34.9. The van der Waals surface area contributed by atoms with E-state index in [1.165, 1.54) is 0 Å². The molecule has 0 aliphatic carbocycles. The van der Waals surface area contributed by atoms with Crippen LogP contribution in [0.25, 0.3) is 11.1 Å². The number of phenols is 3. The molecule has 0 aliphatic rings. The first-order chi connectivity index (χ1) is 24.9. The minimum absolute atomic E-state index is 0.00625. The third-order valence-corrected chi connectivity index (χ3v) is 10.1. The van der Waals surface area contributed by atoms with Gasteiger partial charge < -0.3 is 15.3 Å². The molecule has 0 bridgehead atoms. The number of rotatable bonds is 8. The molecule has 0 spiro atoms. The molecule has 0 atom stereocenters. The Morgan fingerprint density at radius 2 is 0.673 bits per heavy atom. The Morgan fingerprint density at radius 3 is 0.873 bits per heavy atom. The maximum absolute atomic E-state index is 14.6. The Balaban J connectivity index is 2.10. The van der Waals surface area contributed by atoms with Crippen LogP contribution in [0.1, 0.15) is 147 Å². The number of aromatic hydroxyl groups is 3. The van der Waals surface area contributed by atoms with Crippen molar-refractivity contribution < 1.29 is 15.3 Å². The zero-order valence-corrected chi connectivity index (χ0v) is 35.4. The molecule has 3 aromatic carbocycles. The van der Waals surface area contributed by atoms with E-state index in [9.17, 15) is 29.7 Å². The fourth-order valence-electron chi connectivity index (χ4n) is 6.93. The molecule has 0 aliphatic heterocycles. The van der Waals surface area contributed by atoms with Crippen LogP contribution in [0.5, 0.6) is 17.2 Å². The summed E-state index contributed by atoms with van der Waals surface area (Å²) in [7, 11) is 0. The fourth-order valence-corrected chi connectivity index (χ4v) is 6.93. The third-order valence-electron chi connectivity index (χ3n) is 10.1. The molecule has 1 heterocycles. The van der Waals surface area contributed by atoms with E-state index < -0.39 is 38.7 Å². The Labute approximate surface area is 326 Å². The van der Waals surface area contributed by atoms with Crippen molar-refractivity contribution in [2.45, 2.75) is 138 Å². The van der Waals surface area contributed by atoms with Gasteiger partial charge in [0.2, 0.25) is 0 Å². The molecule has 9 heteroatoms. The predicted molar refractivity (Wildman–Crippen MR) is 225 cm³/mol. The van der Waals surface area contributed by atoms with Gasteiger partial charge in [-0.25, -0.2) is 28.1 Å². The molecule has 4 rings (SSSR count). The Kier molecular flexibility index (Phi) is 11.3. The molecule has 1 aromatic heterocycles. The van der Waals surface area contributed by atoms with Gasteiger partial charge in [-0.2, -0.15) is 0 Å². The number of allylic oxidation sites excluding steroid dienone is 2. The first-order valence-electron chi connectivity index (χ1n) is 18.8. The standard InChI is InChI=1S/C46H61N3O6/c1-26(2)31-17-28(18-32(27(3)4)37(31)50)23-47-40(53)48(24-29-19-33(43(5,6)7)38(51)34(20-29)44(8,9)10)42(55)49(41(47)54)25-30-21-35(45(11,12)13)39(52)36(22-30)46(14,15)16/h17-22,50-52H,1,3,23-25H2,2,4-16H3. The topological polar surface area (TPSA) is 127 Å². The maximum atomic E-state index is 14.6. The van der Waals surface area contributed by atoms with Crippen molar-refractivity contribution >= 4 is 11.1 Å². The average molecular weight is 752 g/mol. The van der Waals surface area contributed by atoms with Crippen LogP contribution >= 0.6 is 0 Å². The second kappa shape index (κ2) is 14.5. The van der Waals surface area contributed by atoms with Gasteiger partial charge in [0.05, 0.1) is 19.6 Å². The summed E-state index contributed by atoms with van der Waals surface area (Å²) in [4.78, 5) is 43.6. The van der Waals surface area contributed by atoms with Gasteiger partial charge >= 0.3 is 17.1 Å². The van der Waals surface area contributed by atoms with Crippen LogP contribution in [-0.4, -0.2) is 29.0 Å². The first kappa shape index (κ1) is 42.7. The van der Waals surface area contributed by atoms with Crippen molar-refractivity contribution in [3.8, 4) is 17.2 Å². The van der Waals surface area contributed by atoms with E-state index in [1.54, 1.807) is 26.0 Å². The summed E-state index contributed by atoms with van der Waals surface area (Å²) in [6.07, 6.45) is 0. The zero-order chi connectivity index (χ0) is 41.9. The van der Waals surface area contributed by atoms with E-state index in [1.807, 2.05) is 107 Å². The second-order valence-electron chi connectivity index (χ2n) is 19.3. The van der Waals surface area contributed by atoms with Gasteiger partial charge in [0.15, 0.2) is 0 Å². The lowest BCUT2D eigenvalue weighted by Gasteiger charge is -2.28. The smallest absolute Gasteiger partial charge is 0.336 e. The predicted octanol–water partition coefficient (Wildman–Crippen LogP) is 8.69. The van der Waals surface area contributed by atoms with Gasteiger partial charge in [-0.1, -0.05) is 96.2 Å². The summed E-state index contributed by atoms with van der Waals surface area (Å²) < 4.78 is 3.19. The van der Waals surface area contributed by atoms with Crippen molar-refractivity contribution in [1.82, 2.24) is 13.7 Å². The number of benzene rings is 3. The number of aromatic nitrogens is 3. The molecule has 3 N–H and O–H groups in total. The number of nitrogens with zero attached hydrogens (tertiary/aromatic N) is 3. The molecule has 9 nitrogen and oxygen atoms in total. The number of phenolic OH excluding ortho intramolecular Hbond substituents is 3. The highest BCUT2D eigenvalue weighted by atomic mass is 16.3. The zero-order valence-electron chi connectivity index (χ0n) is 35.4. The number of hydrogen-bond donors (Lipinski definition) is 3. The van der Waals surface area contributed by atoms with E-state index in [-0.39, 0.29) is 36.9 Å². The highest BCUT2D eigenvalue weighted by molar-refractivity contribution is 5.77. The number of hydrogen-bond acceptors (Lipinski definition) is 6. The van der Waals surface area contributed by atoms with Gasteiger partial charge in [-0.3, -0.25) is 0 Å². The minimum atomic E-state index is -0.799. The van der Waals surface area contributed by atoms with Crippen LogP contribution in [0, 0.1) is 0 Å². The molecule has 296 valence electrons. The van der Waals surface area contributed by atoms with Crippen LogP contribution in [0.2, 0.25) is 0 Å². The van der Waals surface area contributed by atoms with Crippen LogP contribution in [0.3, 0.4) is 0 Å². The maximum Gasteiger partial charge on any atom is 0.336 e. The van der Waals surface area contributed by atoms with Gasteiger partial charge in [0, 0.05) is 11.1 Å². The lowest BCUT2D eigenvalue weighted by molar-refractivity contribution is 0.421. The van der Waals surface area contributed by atoms with Crippen molar-refractivity contribution in [2.75, 3.05) is 0 Å². The van der Waals surface area contributed by atoms with Crippen molar-refractivity contribution in [1.29, 1.82) is 0 Å². The van der Waals surface area contributed by atoms with Crippen molar-refractivity contribution in [3.05, 3.63) is 131 Å². The van der Waals surface area contributed by atoms with Crippen LogP contribution in [-0.2, 0) is 41.3 Å². The summed E-state index contributed by atoms with van der Waals surface area (Å²) in [6, 6.07) is 10.6. The third kappa shape index (κ3) is 8.77. The molecule has 0 unspecified atom stereocenters. The SMILES string of the molecule is C=C(C)c1cc(Cn2c(=O)n(Cc3cc(C(C)(C)C)c(O)c(C(C)(C)C)c3)c(=O)n(Cc3cc(C(C)(C)C)c(O)c(C(C)(C)C)c3)c2=O)cc(C(=C)C)c1O. The van der Waals surface area contributed by atoms with Gasteiger partial charge in [-0.05, 0) is 122 Å². The molecule has 0 amide bonds. The van der Waals surface area contributed by atoms with E-state index in [0.29, 0.717) is 61.2 Å². The molecular weight excluding hydrogens is 691 g/mol. The molecule has 4 aromatic rings. The lowest BCUT2D eigenvalue weighted by atomic mass is 9.78. The van der Waals surface area contributed by atoms with E-state index in [0.717, 1.165) is 13.7 Å². The highest BCUT2D eigenvalue weighted by Gasteiger charge is 2.29. The van der Waals surface area contributed by atoms with E-state index >= 15 is 0 Å². The minimum Gasteiger partial charge on any atom is -0.507 e. The Bertz CT molecular complexity index is 2150. The van der Waals surface area contributed by atoms with Crippen molar-refractivity contribution in [2.24, 2.45) is 0 Å². The van der Waals surface area contributed by atoms with Gasteiger partial charge in [-0.15, -0.1) is 0 Å². The summed E-state index contributed by atoms with van der Waals surface area (Å²) >= 11 is 0. The lowest BCUT2D eigenvalue weighted by Crippen LogP contribution is -2.54. The summed E-state index contributed by atoms with van der Waals surface area (Å²) in [5, 5.41) is 33.8.